The van der Waals surface area contributed by atoms with Crippen molar-refractivity contribution in [2.24, 2.45) is 0 Å². The molecule has 1 saturated heterocycles. The van der Waals surface area contributed by atoms with Crippen molar-refractivity contribution < 1.29 is 14.3 Å². The maximum absolute atomic E-state index is 12.3. The number of anilines is 1. The first-order valence-electron chi connectivity index (χ1n) is 7.56. The van der Waals surface area contributed by atoms with Gasteiger partial charge in [-0.15, -0.1) is 0 Å². The average molecular weight is 332 g/mol. The van der Waals surface area contributed by atoms with E-state index in [2.05, 4.69) is 0 Å². The van der Waals surface area contributed by atoms with Crippen LogP contribution in [0.15, 0.2) is 54.6 Å². The molecule has 23 heavy (non-hydrogen) atoms. The molecule has 0 unspecified atom stereocenters. The molecule has 2 aromatic carbocycles. The summed E-state index contributed by atoms with van der Waals surface area (Å²) in [5.41, 5.74) is 1.97. The minimum Gasteiger partial charge on any atom is -0.464 e. The van der Waals surface area contributed by atoms with E-state index in [0.29, 0.717) is 18.4 Å². The Balaban J connectivity index is 1.95. The molecule has 3 rings (SSSR count). The van der Waals surface area contributed by atoms with Gasteiger partial charge in [0.1, 0.15) is 6.73 Å². The van der Waals surface area contributed by atoms with Crippen molar-refractivity contribution in [3.05, 3.63) is 65.2 Å². The molecule has 1 heterocycles. The minimum atomic E-state index is -0.645. The van der Waals surface area contributed by atoms with Crippen LogP contribution in [0.3, 0.4) is 0 Å². The van der Waals surface area contributed by atoms with E-state index in [1.165, 1.54) is 0 Å². The first kappa shape index (κ1) is 15.8. The summed E-state index contributed by atoms with van der Waals surface area (Å²) in [6.45, 7) is 2.45. The number of esters is 1. The fourth-order valence-corrected chi connectivity index (χ4v) is 2.92. The third kappa shape index (κ3) is 3.33. The molecule has 0 aromatic heterocycles. The van der Waals surface area contributed by atoms with Gasteiger partial charge in [-0.25, -0.2) is 4.79 Å². The summed E-state index contributed by atoms with van der Waals surface area (Å²) in [5, 5.41) is 0.673. The summed E-state index contributed by atoms with van der Waals surface area (Å²) in [4.78, 5) is 14.3. The Bertz CT molecular complexity index is 660. The van der Waals surface area contributed by atoms with Gasteiger partial charge in [0.05, 0.1) is 12.6 Å². The first-order chi connectivity index (χ1) is 11.2. The number of carbonyl (C=O) groups excluding carboxylic acids is 1. The summed E-state index contributed by atoms with van der Waals surface area (Å²) in [6.07, 6.45) is -0.645. The molecule has 0 bridgehead atoms. The molecule has 120 valence electrons. The predicted octanol–water partition coefficient (Wildman–Crippen LogP) is 3.81. The van der Waals surface area contributed by atoms with Crippen molar-refractivity contribution in [2.45, 2.75) is 19.1 Å². The fourth-order valence-electron chi connectivity index (χ4n) is 2.79. The van der Waals surface area contributed by atoms with Crippen molar-refractivity contribution >= 4 is 23.3 Å². The zero-order valence-corrected chi connectivity index (χ0v) is 13.6. The van der Waals surface area contributed by atoms with Crippen molar-refractivity contribution in [2.75, 3.05) is 18.2 Å². The molecule has 0 aliphatic carbocycles. The normalized spacial score (nSPS) is 20.5. The van der Waals surface area contributed by atoms with Crippen LogP contribution in [0.1, 0.15) is 18.5 Å². The average Bonchev–Trinajstić information content (AvgIpc) is 3.01. The van der Waals surface area contributed by atoms with Crippen LogP contribution in [-0.2, 0) is 14.3 Å². The standard InChI is InChI=1S/C18H18ClNO3/c1-2-22-18(21)17-16(13-6-4-3-5-7-13)20(12-23-17)15-10-8-14(19)9-11-15/h3-11,16-17H,2,12H2,1H3/t16-,17-/m0/s1. The number of hydrogen-bond donors (Lipinski definition) is 0. The highest BCUT2D eigenvalue weighted by molar-refractivity contribution is 6.30. The molecule has 0 N–H and O–H groups in total. The summed E-state index contributed by atoms with van der Waals surface area (Å²) >= 11 is 5.97. The lowest BCUT2D eigenvalue weighted by molar-refractivity contribution is -0.154. The lowest BCUT2D eigenvalue weighted by atomic mass is 10.0. The van der Waals surface area contributed by atoms with Crippen molar-refractivity contribution in [1.82, 2.24) is 0 Å². The molecule has 0 spiro atoms. The Morgan fingerprint density at radius 3 is 2.57 bits per heavy atom. The first-order valence-corrected chi connectivity index (χ1v) is 7.94. The smallest absolute Gasteiger partial charge is 0.337 e. The maximum atomic E-state index is 12.3. The van der Waals surface area contributed by atoms with Crippen LogP contribution in [0.5, 0.6) is 0 Å². The van der Waals surface area contributed by atoms with Crippen LogP contribution in [0.25, 0.3) is 0 Å². The highest BCUT2D eigenvalue weighted by Gasteiger charge is 2.42. The second-order valence-corrected chi connectivity index (χ2v) is 5.71. The molecule has 0 amide bonds. The Morgan fingerprint density at radius 1 is 1.22 bits per heavy atom. The predicted molar refractivity (Wildman–Crippen MR) is 89.5 cm³/mol. The fraction of sp³-hybridized carbons (Fsp3) is 0.278. The van der Waals surface area contributed by atoms with E-state index in [4.69, 9.17) is 21.1 Å². The Hall–Kier alpha value is -2.04. The van der Waals surface area contributed by atoms with Crippen LogP contribution < -0.4 is 4.90 Å². The lowest BCUT2D eigenvalue weighted by Crippen LogP contribution is -2.33. The molecule has 1 aliphatic heterocycles. The third-order valence-electron chi connectivity index (χ3n) is 3.83. The van der Waals surface area contributed by atoms with Crippen molar-refractivity contribution in [1.29, 1.82) is 0 Å². The molecule has 5 heteroatoms. The topological polar surface area (TPSA) is 38.8 Å². The van der Waals surface area contributed by atoms with E-state index in [0.717, 1.165) is 11.3 Å². The SMILES string of the molecule is CCOC(=O)[C@H]1OCN(c2ccc(Cl)cc2)[C@H]1c1ccccc1. The Labute approximate surface area is 140 Å². The van der Waals surface area contributed by atoms with E-state index in [9.17, 15) is 4.79 Å². The number of hydrogen-bond acceptors (Lipinski definition) is 4. The Kier molecular flexibility index (Phi) is 4.84. The van der Waals surface area contributed by atoms with E-state index in [1.807, 2.05) is 59.5 Å². The number of carbonyl (C=O) groups is 1. The number of ether oxygens (including phenoxy) is 2. The number of benzene rings is 2. The third-order valence-corrected chi connectivity index (χ3v) is 4.09. The summed E-state index contributed by atoms with van der Waals surface area (Å²) in [7, 11) is 0. The van der Waals surface area contributed by atoms with Gasteiger partial charge >= 0.3 is 5.97 Å². The number of halogens is 1. The highest BCUT2D eigenvalue weighted by Crippen LogP contribution is 2.37. The Morgan fingerprint density at radius 2 is 1.91 bits per heavy atom. The second-order valence-electron chi connectivity index (χ2n) is 5.27. The molecular weight excluding hydrogens is 314 g/mol. The van der Waals surface area contributed by atoms with Crippen LogP contribution in [0, 0.1) is 0 Å². The van der Waals surface area contributed by atoms with Gasteiger partial charge in [0.15, 0.2) is 6.10 Å². The van der Waals surface area contributed by atoms with Crippen molar-refractivity contribution in [3.63, 3.8) is 0 Å². The van der Waals surface area contributed by atoms with Gasteiger partial charge in [0.2, 0.25) is 0 Å². The van der Waals surface area contributed by atoms with Gasteiger partial charge < -0.3 is 14.4 Å². The van der Waals surface area contributed by atoms with Gasteiger partial charge in [-0.3, -0.25) is 0 Å². The van der Waals surface area contributed by atoms with Gasteiger partial charge in [-0.1, -0.05) is 41.9 Å². The summed E-state index contributed by atoms with van der Waals surface area (Å²) in [6, 6.07) is 17.1. The molecule has 1 fully saturated rings. The highest BCUT2D eigenvalue weighted by atomic mass is 35.5. The number of nitrogens with zero attached hydrogens (tertiary/aromatic N) is 1. The molecule has 2 atom stereocenters. The molecule has 2 aromatic rings. The molecule has 0 radical (unpaired) electrons. The zero-order chi connectivity index (χ0) is 16.2. The lowest BCUT2D eigenvalue weighted by Gasteiger charge is -2.27. The van der Waals surface area contributed by atoms with E-state index < -0.39 is 6.10 Å². The van der Waals surface area contributed by atoms with Gasteiger partial charge in [-0.2, -0.15) is 0 Å². The molecular formula is C18H18ClNO3. The van der Waals surface area contributed by atoms with Gasteiger partial charge in [-0.05, 0) is 36.8 Å². The second kappa shape index (κ2) is 7.02. The van der Waals surface area contributed by atoms with E-state index >= 15 is 0 Å². The zero-order valence-electron chi connectivity index (χ0n) is 12.8. The van der Waals surface area contributed by atoms with Gasteiger partial charge in [0.25, 0.3) is 0 Å². The minimum absolute atomic E-state index is 0.226. The monoisotopic (exact) mass is 331 g/mol. The number of rotatable bonds is 4. The van der Waals surface area contributed by atoms with Crippen LogP contribution >= 0.6 is 11.6 Å². The van der Waals surface area contributed by atoms with Crippen LogP contribution in [0.2, 0.25) is 5.02 Å². The van der Waals surface area contributed by atoms with E-state index in [1.54, 1.807) is 6.92 Å². The van der Waals surface area contributed by atoms with Crippen LogP contribution in [0.4, 0.5) is 5.69 Å². The van der Waals surface area contributed by atoms with Crippen LogP contribution in [-0.4, -0.2) is 25.4 Å². The molecule has 4 nitrogen and oxygen atoms in total. The van der Waals surface area contributed by atoms with Crippen molar-refractivity contribution in [3.8, 4) is 0 Å². The summed E-state index contributed by atoms with van der Waals surface area (Å²) < 4.78 is 10.9. The quantitative estimate of drug-likeness (QED) is 0.799. The maximum Gasteiger partial charge on any atom is 0.337 e. The largest absolute Gasteiger partial charge is 0.464 e. The molecule has 1 aliphatic rings. The van der Waals surface area contributed by atoms with Gasteiger partial charge in [0, 0.05) is 10.7 Å². The molecule has 0 saturated carbocycles. The van der Waals surface area contributed by atoms with E-state index in [-0.39, 0.29) is 12.0 Å². The summed E-state index contributed by atoms with van der Waals surface area (Å²) in [5.74, 6) is -0.335.